The van der Waals surface area contributed by atoms with E-state index in [1.807, 2.05) is 0 Å². The minimum Gasteiger partial charge on any atom is -0.507 e. The van der Waals surface area contributed by atoms with Crippen molar-refractivity contribution >= 4 is 29.4 Å². The van der Waals surface area contributed by atoms with E-state index in [0.29, 0.717) is 5.02 Å². The van der Waals surface area contributed by atoms with Crippen molar-refractivity contribution in [1.29, 1.82) is 0 Å². The van der Waals surface area contributed by atoms with Gasteiger partial charge in [-0.2, -0.15) is 0 Å². The maximum atomic E-state index is 12.1. The van der Waals surface area contributed by atoms with Crippen LogP contribution in [0.25, 0.3) is 6.08 Å². The van der Waals surface area contributed by atoms with E-state index in [9.17, 15) is 14.7 Å². The van der Waals surface area contributed by atoms with E-state index in [-0.39, 0.29) is 16.9 Å². The van der Waals surface area contributed by atoms with Gasteiger partial charge in [-0.25, -0.2) is 4.79 Å². The molecule has 0 heterocycles. The molecular formula is C16H11ClO4. The van der Waals surface area contributed by atoms with Crippen LogP contribution in [0.4, 0.5) is 0 Å². The molecule has 0 amide bonds. The summed E-state index contributed by atoms with van der Waals surface area (Å²) in [6, 6.07) is 10.7. The number of aromatic carboxylic acids is 1. The standard InChI is InChI=1S/C16H11ClO4/c17-11-7-4-10(5-8-11)6-9-14(19)15-12(16(20)21)2-1-3-13(15)18/h1-9,18H,(H,20,21). The second-order valence-electron chi connectivity index (χ2n) is 4.25. The van der Waals surface area contributed by atoms with E-state index >= 15 is 0 Å². The number of hydrogen-bond donors (Lipinski definition) is 2. The number of aromatic hydroxyl groups is 1. The van der Waals surface area contributed by atoms with E-state index in [1.165, 1.54) is 30.4 Å². The third-order valence-electron chi connectivity index (χ3n) is 2.82. The SMILES string of the molecule is O=C(O)c1cccc(O)c1C(=O)C=Cc1ccc(Cl)cc1. The van der Waals surface area contributed by atoms with Crippen molar-refractivity contribution in [3.05, 3.63) is 70.3 Å². The first-order valence-corrected chi connectivity index (χ1v) is 6.40. The molecule has 0 spiro atoms. The Kier molecular flexibility index (Phi) is 4.40. The zero-order valence-corrected chi connectivity index (χ0v) is 11.5. The summed E-state index contributed by atoms with van der Waals surface area (Å²) in [7, 11) is 0. The Morgan fingerprint density at radius 3 is 2.33 bits per heavy atom. The van der Waals surface area contributed by atoms with Gasteiger partial charge >= 0.3 is 5.97 Å². The van der Waals surface area contributed by atoms with E-state index < -0.39 is 11.8 Å². The molecular weight excluding hydrogens is 292 g/mol. The molecule has 0 aliphatic heterocycles. The molecule has 0 aliphatic rings. The van der Waals surface area contributed by atoms with Crippen LogP contribution in [0.2, 0.25) is 5.02 Å². The molecule has 0 radical (unpaired) electrons. The number of benzene rings is 2. The van der Waals surface area contributed by atoms with Gasteiger partial charge in [0.25, 0.3) is 0 Å². The van der Waals surface area contributed by atoms with Crippen LogP contribution in [0.5, 0.6) is 5.75 Å². The first kappa shape index (κ1) is 14.8. The summed E-state index contributed by atoms with van der Waals surface area (Å²) in [5.74, 6) is -2.21. The van der Waals surface area contributed by atoms with Crippen LogP contribution in [0, 0.1) is 0 Å². The Balaban J connectivity index is 2.33. The number of phenolic OH excluding ortho intramolecular Hbond substituents is 1. The van der Waals surface area contributed by atoms with Crippen molar-refractivity contribution < 1.29 is 19.8 Å². The van der Waals surface area contributed by atoms with E-state index in [0.717, 1.165) is 5.56 Å². The number of halogens is 1. The Hall–Kier alpha value is -2.59. The lowest BCUT2D eigenvalue weighted by Crippen LogP contribution is -2.07. The van der Waals surface area contributed by atoms with Gasteiger partial charge in [0.05, 0.1) is 11.1 Å². The quantitative estimate of drug-likeness (QED) is 0.668. The van der Waals surface area contributed by atoms with Crippen LogP contribution in [0.15, 0.2) is 48.5 Å². The Morgan fingerprint density at radius 2 is 1.71 bits per heavy atom. The number of rotatable bonds is 4. The molecule has 21 heavy (non-hydrogen) atoms. The van der Waals surface area contributed by atoms with Crippen LogP contribution in [-0.2, 0) is 0 Å². The highest BCUT2D eigenvalue weighted by Crippen LogP contribution is 2.22. The molecule has 0 aliphatic carbocycles. The van der Waals surface area contributed by atoms with Gasteiger partial charge in [0, 0.05) is 5.02 Å². The van der Waals surface area contributed by atoms with Crippen molar-refractivity contribution in [3.63, 3.8) is 0 Å². The number of allylic oxidation sites excluding steroid dienone is 1. The number of hydrogen-bond acceptors (Lipinski definition) is 3. The molecule has 0 saturated carbocycles. The van der Waals surface area contributed by atoms with Crippen LogP contribution >= 0.6 is 11.6 Å². The summed E-state index contributed by atoms with van der Waals surface area (Å²) in [4.78, 5) is 23.2. The second-order valence-corrected chi connectivity index (χ2v) is 4.69. The van der Waals surface area contributed by atoms with Crippen LogP contribution in [-0.4, -0.2) is 22.0 Å². The molecule has 0 fully saturated rings. The molecule has 2 aromatic carbocycles. The van der Waals surface area contributed by atoms with Crippen molar-refractivity contribution in [2.45, 2.75) is 0 Å². The molecule has 2 N–H and O–H groups in total. The predicted octanol–water partition coefficient (Wildman–Crippen LogP) is 3.64. The number of carboxylic acid groups (broad SMARTS) is 1. The van der Waals surface area contributed by atoms with Gasteiger partial charge in [-0.15, -0.1) is 0 Å². The lowest BCUT2D eigenvalue weighted by atomic mass is 10.0. The van der Waals surface area contributed by atoms with E-state index in [2.05, 4.69) is 0 Å². The van der Waals surface area contributed by atoms with Crippen LogP contribution in [0.1, 0.15) is 26.3 Å². The smallest absolute Gasteiger partial charge is 0.336 e. The maximum Gasteiger partial charge on any atom is 0.336 e. The zero-order chi connectivity index (χ0) is 15.4. The molecule has 0 aromatic heterocycles. The molecule has 106 valence electrons. The fourth-order valence-corrected chi connectivity index (χ4v) is 1.93. The summed E-state index contributed by atoms with van der Waals surface area (Å²) in [6.45, 7) is 0. The molecule has 0 atom stereocenters. The van der Waals surface area contributed by atoms with E-state index in [1.54, 1.807) is 24.3 Å². The molecule has 2 rings (SSSR count). The van der Waals surface area contributed by atoms with Gasteiger partial charge < -0.3 is 10.2 Å². The fourth-order valence-electron chi connectivity index (χ4n) is 1.81. The Morgan fingerprint density at radius 1 is 1.05 bits per heavy atom. The highest BCUT2D eigenvalue weighted by atomic mass is 35.5. The summed E-state index contributed by atoms with van der Waals surface area (Å²) in [5.41, 5.74) is 0.274. The molecule has 0 bridgehead atoms. The highest BCUT2D eigenvalue weighted by Gasteiger charge is 2.18. The third kappa shape index (κ3) is 3.49. The van der Waals surface area contributed by atoms with Gasteiger partial charge in [0.2, 0.25) is 0 Å². The summed E-state index contributed by atoms with van der Waals surface area (Å²) >= 11 is 5.76. The summed E-state index contributed by atoms with van der Waals surface area (Å²) in [5, 5.41) is 19.3. The second kappa shape index (κ2) is 6.24. The minimum absolute atomic E-state index is 0.227. The summed E-state index contributed by atoms with van der Waals surface area (Å²) in [6.07, 6.45) is 2.74. The van der Waals surface area contributed by atoms with Gasteiger partial charge in [0.15, 0.2) is 5.78 Å². The molecule has 2 aromatic rings. The largest absolute Gasteiger partial charge is 0.507 e. The number of carbonyl (C=O) groups excluding carboxylic acids is 1. The van der Waals surface area contributed by atoms with Crippen LogP contribution < -0.4 is 0 Å². The number of ketones is 1. The fraction of sp³-hybridized carbons (Fsp3) is 0. The average molecular weight is 303 g/mol. The van der Waals surface area contributed by atoms with Crippen molar-refractivity contribution in [2.24, 2.45) is 0 Å². The zero-order valence-electron chi connectivity index (χ0n) is 10.8. The molecule has 5 heteroatoms. The maximum absolute atomic E-state index is 12.1. The first-order chi connectivity index (χ1) is 9.99. The van der Waals surface area contributed by atoms with Crippen molar-refractivity contribution in [1.82, 2.24) is 0 Å². The van der Waals surface area contributed by atoms with Gasteiger partial charge in [0.1, 0.15) is 5.75 Å². The third-order valence-corrected chi connectivity index (χ3v) is 3.07. The number of carboxylic acids is 1. The first-order valence-electron chi connectivity index (χ1n) is 6.02. The minimum atomic E-state index is -1.27. The highest BCUT2D eigenvalue weighted by molar-refractivity contribution is 6.30. The average Bonchev–Trinajstić information content (AvgIpc) is 2.46. The Labute approximate surface area is 125 Å². The normalized spacial score (nSPS) is 10.7. The van der Waals surface area contributed by atoms with Gasteiger partial charge in [-0.3, -0.25) is 4.79 Å². The summed E-state index contributed by atoms with van der Waals surface area (Å²) < 4.78 is 0. The lowest BCUT2D eigenvalue weighted by Gasteiger charge is -2.04. The molecule has 0 unspecified atom stereocenters. The van der Waals surface area contributed by atoms with E-state index in [4.69, 9.17) is 16.7 Å². The van der Waals surface area contributed by atoms with Gasteiger partial charge in [-0.1, -0.05) is 35.9 Å². The lowest BCUT2D eigenvalue weighted by molar-refractivity contribution is 0.0692. The van der Waals surface area contributed by atoms with Crippen LogP contribution in [0.3, 0.4) is 0 Å². The Bertz CT molecular complexity index is 718. The monoisotopic (exact) mass is 302 g/mol. The predicted molar refractivity (Wildman–Crippen MR) is 79.9 cm³/mol. The number of carbonyl (C=O) groups is 2. The van der Waals surface area contributed by atoms with Gasteiger partial charge in [-0.05, 0) is 35.9 Å². The molecule has 4 nitrogen and oxygen atoms in total. The van der Waals surface area contributed by atoms with Crippen molar-refractivity contribution in [2.75, 3.05) is 0 Å². The van der Waals surface area contributed by atoms with Crippen molar-refractivity contribution in [3.8, 4) is 5.75 Å². The molecule has 0 saturated heterocycles. The topological polar surface area (TPSA) is 74.6 Å². The number of phenols is 1.